The standard InChI is InChI=1S/C12H14ClN3S/c1-16(6-10-7-17-8-15-10)12-9(5-14)3-2-4-11(12)13/h2-4,7-8H,5-6,14H2,1H3. The summed E-state index contributed by atoms with van der Waals surface area (Å²) in [5.74, 6) is 0. The van der Waals surface area contributed by atoms with Gasteiger partial charge in [-0.15, -0.1) is 11.3 Å². The summed E-state index contributed by atoms with van der Waals surface area (Å²) in [6.45, 7) is 1.22. The number of rotatable bonds is 4. The molecule has 3 nitrogen and oxygen atoms in total. The average Bonchev–Trinajstić information content (AvgIpc) is 2.81. The highest BCUT2D eigenvalue weighted by Crippen LogP contribution is 2.29. The first-order valence-electron chi connectivity index (χ1n) is 5.28. The lowest BCUT2D eigenvalue weighted by molar-refractivity contribution is 0.881. The molecule has 2 aromatic rings. The predicted octanol–water partition coefficient (Wildman–Crippen LogP) is 2.89. The Hall–Kier alpha value is -1.10. The molecular weight excluding hydrogens is 254 g/mol. The second kappa shape index (κ2) is 5.49. The molecule has 0 unspecified atom stereocenters. The van der Waals surface area contributed by atoms with Crippen molar-refractivity contribution in [3.05, 3.63) is 45.4 Å². The van der Waals surface area contributed by atoms with Crippen LogP contribution in [0, 0.1) is 0 Å². The number of benzene rings is 1. The molecule has 0 aliphatic rings. The molecular formula is C12H14ClN3S. The molecule has 1 aromatic heterocycles. The first-order chi connectivity index (χ1) is 8.22. The van der Waals surface area contributed by atoms with Crippen LogP contribution in [0.5, 0.6) is 0 Å². The van der Waals surface area contributed by atoms with Gasteiger partial charge in [0.1, 0.15) is 0 Å². The highest BCUT2D eigenvalue weighted by atomic mass is 35.5. The van der Waals surface area contributed by atoms with Crippen LogP contribution < -0.4 is 10.6 Å². The summed E-state index contributed by atoms with van der Waals surface area (Å²) in [5.41, 5.74) is 10.6. The molecule has 0 atom stereocenters. The first kappa shape index (κ1) is 12.4. The van der Waals surface area contributed by atoms with E-state index in [1.54, 1.807) is 11.3 Å². The van der Waals surface area contributed by atoms with Crippen molar-refractivity contribution in [2.75, 3.05) is 11.9 Å². The van der Waals surface area contributed by atoms with Crippen molar-refractivity contribution >= 4 is 28.6 Å². The third kappa shape index (κ3) is 2.77. The zero-order chi connectivity index (χ0) is 12.3. The van der Waals surface area contributed by atoms with E-state index in [0.717, 1.165) is 28.5 Å². The van der Waals surface area contributed by atoms with E-state index in [9.17, 15) is 0 Å². The van der Waals surface area contributed by atoms with Gasteiger partial charge in [0.25, 0.3) is 0 Å². The van der Waals surface area contributed by atoms with Crippen LogP contribution in [0.2, 0.25) is 5.02 Å². The number of nitrogens with zero attached hydrogens (tertiary/aromatic N) is 2. The van der Waals surface area contributed by atoms with Crippen molar-refractivity contribution in [2.24, 2.45) is 5.73 Å². The Balaban J connectivity index is 2.26. The summed E-state index contributed by atoms with van der Waals surface area (Å²) >= 11 is 7.82. The first-order valence-corrected chi connectivity index (χ1v) is 6.60. The summed E-state index contributed by atoms with van der Waals surface area (Å²) in [6.07, 6.45) is 0. The number of para-hydroxylation sites is 1. The van der Waals surface area contributed by atoms with Crippen molar-refractivity contribution in [1.82, 2.24) is 4.98 Å². The summed E-state index contributed by atoms with van der Waals surface area (Å²) in [7, 11) is 2.00. The van der Waals surface area contributed by atoms with E-state index in [2.05, 4.69) is 9.88 Å². The minimum Gasteiger partial charge on any atom is -0.367 e. The summed E-state index contributed by atoms with van der Waals surface area (Å²) < 4.78 is 0. The molecule has 0 fully saturated rings. The van der Waals surface area contributed by atoms with Crippen LogP contribution in [-0.2, 0) is 13.1 Å². The normalized spacial score (nSPS) is 10.5. The number of anilines is 1. The quantitative estimate of drug-likeness (QED) is 0.926. The van der Waals surface area contributed by atoms with Crippen LogP contribution in [0.3, 0.4) is 0 Å². The van der Waals surface area contributed by atoms with Crippen molar-refractivity contribution in [3.8, 4) is 0 Å². The molecule has 1 aromatic carbocycles. The van der Waals surface area contributed by atoms with Gasteiger partial charge < -0.3 is 10.6 Å². The molecule has 0 spiro atoms. The van der Waals surface area contributed by atoms with Crippen LogP contribution in [-0.4, -0.2) is 12.0 Å². The fourth-order valence-electron chi connectivity index (χ4n) is 1.79. The topological polar surface area (TPSA) is 42.2 Å². The van der Waals surface area contributed by atoms with Gasteiger partial charge >= 0.3 is 0 Å². The van der Waals surface area contributed by atoms with Crippen LogP contribution in [0.1, 0.15) is 11.3 Å². The Labute approximate surface area is 110 Å². The van der Waals surface area contributed by atoms with Crippen LogP contribution in [0.4, 0.5) is 5.69 Å². The van der Waals surface area contributed by atoms with E-state index in [-0.39, 0.29) is 0 Å². The molecule has 5 heteroatoms. The predicted molar refractivity (Wildman–Crippen MR) is 73.6 cm³/mol. The van der Waals surface area contributed by atoms with E-state index in [1.165, 1.54) is 0 Å². The van der Waals surface area contributed by atoms with Crippen molar-refractivity contribution in [1.29, 1.82) is 0 Å². The molecule has 2 N–H and O–H groups in total. The van der Waals surface area contributed by atoms with Gasteiger partial charge in [-0.05, 0) is 11.6 Å². The van der Waals surface area contributed by atoms with Gasteiger partial charge in [0, 0.05) is 19.0 Å². The fraction of sp³-hybridized carbons (Fsp3) is 0.250. The maximum atomic E-state index is 6.23. The number of thiazole rings is 1. The minimum atomic E-state index is 0.483. The maximum Gasteiger partial charge on any atom is 0.0795 e. The van der Waals surface area contributed by atoms with Gasteiger partial charge in [-0.2, -0.15) is 0 Å². The molecule has 0 amide bonds. The van der Waals surface area contributed by atoms with Crippen LogP contribution in [0.15, 0.2) is 29.1 Å². The number of aromatic nitrogens is 1. The fourth-order valence-corrected chi connectivity index (χ4v) is 2.68. The molecule has 90 valence electrons. The maximum absolute atomic E-state index is 6.23. The largest absolute Gasteiger partial charge is 0.367 e. The minimum absolute atomic E-state index is 0.483. The van der Waals surface area contributed by atoms with Crippen molar-refractivity contribution in [3.63, 3.8) is 0 Å². The van der Waals surface area contributed by atoms with Gasteiger partial charge in [0.2, 0.25) is 0 Å². The Kier molecular flexibility index (Phi) is 3.99. The van der Waals surface area contributed by atoms with Crippen LogP contribution in [0.25, 0.3) is 0 Å². The zero-order valence-electron chi connectivity index (χ0n) is 9.56. The number of nitrogens with two attached hydrogens (primary N) is 1. The molecule has 0 saturated heterocycles. The van der Waals surface area contributed by atoms with Crippen LogP contribution >= 0.6 is 22.9 Å². The van der Waals surface area contributed by atoms with E-state index in [1.807, 2.05) is 36.1 Å². The third-order valence-electron chi connectivity index (χ3n) is 2.55. The van der Waals surface area contributed by atoms with Gasteiger partial charge in [0.15, 0.2) is 0 Å². The van der Waals surface area contributed by atoms with E-state index in [4.69, 9.17) is 17.3 Å². The Morgan fingerprint density at radius 2 is 2.29 bits per heavy atom. The van der Waals surface area contributed by atoms with Gasteiger partial charge in [-0.25, -0.2) is 4.98 Å². The molecule has 0 aliphatic heterocycles. The number of halogens is 1. The molecule has 0 aliphatic carbocycles. The molecule has 17 heavy (non-hydrogen) atoms. The molecule has 0 bridgehead atoms. The number of hydrogen-bond donors (Lipinski definition) is 1. The Bertz CT molecular complexity index is 485. The monoisotopic (exact) mass is 267 g/mol. The molecule has 2 rings (SSSR count). The van der Waals surface area contributed by atoms with E-state index >= 15 is 0 Å². The smallest absolute Gasteiger partial charge is 0.0795 e. The summed E-state index contributed by atoms with van der Waals surface area (Å²) in [5, 5.41) is 2.76. The van der Waals surface area contributed by atoms with Crippen molar-refractivity contribution in [2.45, 2.75) is 13.1 Å². The Morgan fingerprint density at radius 3 is 2.94 bits per heavy atom. The molecule has 0 saturated carbocycles. The second-order valence-corrected chi connectivity index (χ2v) is 4.91. The highest BCUT2D eigenvalue weighted by molar-refractivity contribution is 7.07. The SMILES string of the molecule is CN(Cc1cscn1)c1c(Cl)cccc1CN. The van der Waals surface area contributed by atoms with Gasteiger partial charge in [-0.3, -0.25) is 0 Å². The lowest BCUT2D eigenvalue weighted by Crippen LogP contribution is -2.19. The molecule has 1 heterocycles. The third-order valence-corrected chi connectivity index (χ3v) is 3.49. The van der Waals surface area contributed by atoms with Gasteiger partial charge in [0.05, 0.1) is 28.5 Å². The van der Waals surface area contributed by atoms with Gasteiger partial charge in [-0.1, -0.05) is 23.7 Å². The lowest BCUT2D eigenvalue weighted by Gasteiger charge is -2.22. The highest BCUT2D eigenvalue weighted by Gasteiger charge is 2.11. The zero-order valence-corrected chi connectivity index (χ0v) is 11.1. The average molecular weight is 268 g/mol. The number of hydrogen-bond acceptors (Lipinski definition) is 4. The van der Waals surface area contributed by atoms with Crippen molar-refractivity contribution < 1.29 is 0 Å². The van der Waals surface area contributed by atoms with E-state index in [0.29, 0.717) is 6.54 Å². The summed E-state index contributed by atoms with van der Waals surface area (Å²) in [4.78, 5) is 6.35. The Morgan fingerprint density at radius 1 is 1.47 bits per heavy atom. The summed E-state index contributed by atoms with van der Waals surface area (Å²) in [6, 6.07) is 5.80. The molecule has 0 radical (unpaired) electrons. The second-order valence-electron chi connectivity index (χ2n) is 3.79. The lowest BCUT2D eigenvalue weighted by atomic mass is 10.1. The van der Waals surface area contributed by atoms with E-state index < -0.39 is 0 Å².